The maximum atomic E-state index is 12.8. The van der Waals surface area contributed by atoms with Crippen molar-refractivity contribution in [2.24, 2.45) is 0 Å². The van der Waals surface area contributed by atoms with Crippen LogP contribution in [0.4, 0.5) is 0 Å². The lowest BCUT2D eigenvalue weighted by atomic mass is 10.0. The van der Waals surface area contributed by atoms with Crippen LogP contribution >= 0.6 is 11.6 Å². The number of amides is 1. The monoisotopic (exact) mass is 310 g/mol. The van der Waals surface area contributed by atoms with E-state index in [-0.39, 0.29) is 11.9 Å². The Hall–Kier alpha value is -2.31. The summed E-state index contributed by atoms with van der Waals surface area (Å²) in [6.45, 7) is 0.739. The fraction of sp³-hybridized carbons (Fsp3) is 0.222. The van der Waals surface area contributed by atoms with Crippen molar-refractivity contribution in [3.05, 3.63) is 70.2 Å². The minimum Gasteiger partial charge on any atom is -0.332 e. The summed E-state index contributed by atoms with van der Waals surface area (Å²) in [6.07, 6.45) is 1.93. The molecule has 0 unspecified atom stereocenters. The third-order valence-electron chi connectivity index (χ3n) is 4.01. The number of halogens is 1. The van der Waals surface area contributed by atoms with Crippen LogP contribution in [0.5, 0.6) is 0 Å². The fourth-order valence-corrected chi connectivity index (χ4v) is 3.05. The number of rotatable bonds is 2. The molecular formula is C18H15ClN2O. The molecule has 1 aliphatic heterocycles. The predicted molar refractivity (Wildman–Crippen MR) is 85.6 cm³/mol. The Balaban J connectivity index is 1.87. The number of benzene rings is 2. The van der Waals surface area contributed by atoms with Gasteiger partial charge in [-0.15, -0.1) is 0 Å². The average Bonchev–Trinajstić information content (AvgIpc) is 3.04. The van der Waals surface area contributed by atoms with Crippen LogP contribution in [-0.4, -0.2) is 17.4 Å². The molecule has 110 valence electrons. The zero-order chi connectivity index (χ0) is 15.5. The quantitative estimate of drug-likeness (QED) is 0.835. The zero-order valence-corrected chi connectivity index (χ0v) is 12.8. The maximum Gasteiger partial charge on any atom is 0.254 e. The van der Waals surface area contributed by atoms with Gasteiger partial charge in [-0.2, -0.15) is 5.26 Å². The van der Waals surface area contributed by atoms with Gasteiger partial charge in [0.2, 0.25) is 0 Å². The molecule has 0 radical (unpaired) electrons. The van der Waals surface area contributed by atoms with E-state index in [1.165, 1.54) is 0 Å². The van der Waals surface area contributed by atoms with Gasteiger partial charge in [0.25, 0.3) is 5.91 Å². The van der Waals surface area contributed by atoms with Gasteiger partial charge in [0, 0.05) is 17.1 Å². The molecule has 0 bridgehead atoms. The Morgan fingerprint density at radius 2 is 2.00 bits per heavy atom. The molecule has 0 aliphatic carbocycles. The van der Waals surface area contributed by atoms with E-state index in [1.54, 1.807) is 24.3 Å². The number of carbonyl (C=O) groups excluding carboxylic acids is 1. The van der Waals surface area contributed by atoms with E-state index in [1.807, 2.05) is 29.2 Å². The summed E-state index contributed by atoms with van der Waals surface area (Å²) in [5, 5.41) is 9.67. The summed E-state index contributed by atoms with van der Waals surface area (Å²) >= 11 is 5.94. The number of carbonyl (C=O) groups is 1. The van der Waals surface area contributed by atoms with Crippen molar-refractivity contribution in [3.63, 3.8) is 0 Å². The van der Waals surface area contributed by atoms with E-state index in [0.717, 1.165) is 24.9 Å². The highest BCUT2D eigenvalue weighted by molar-refractivity contribution is 6.30. The molecule has 0 saturated carbocycles. The summed E-state index contributed by atoms with van der Waals surface area (Å²) in [7, 11) is 0. The Morgan fingerprint density at radius 1 is 1.23 bits per heavy atom. The molecule has 1 heterocycles. The van der Waals surface area contributed by atoms with Crippen molar-refractivity contribution in [3.8, 4) is 6.07 Å². The molecule has 4 heteroatoms. The zero-order valence-electron chi connectivity index (χ0n) is 12.0. The van der Waals surface area contributed by atoms with Crippen LogP contribution in [0.2, 0.25) is 5.02 Å². The SMILES string of the molecule is N#Cc1cccc(C(=O)N2CCC[C@H]2c2ccc(Cl)cc2)c1. The minimum absolute atomic E-state index is 0.0189. The van der Waals surface area contributed by atoms with Gasteiger partial charge in [-0.25, -0.2) is 0 Å². The van der Waals surface area contributed by atoms with Crippen LogP contribution in [0, 0.1) is 11.3 Å². The van der Waals surface area contributed by atoms with E-state index in [2.05, 4.69) is 6.07 Å². The average molecular weight is 311 g/mol. The lowest BCUT2D eigenvalue weighted by Crippen LogP contribution is -2.30. The summed E-state index contributed by atoms with van der Waals surface area (Å²) in [4.78, 5) is 14.6. The fourth-order valence-electron chi connectivity index (χ4n) is 2.93. The van der Waals surface area contributed by atoms with Crippen molar-refractivity contribution in [1.29, 1.82) is 5.26 Å². The molecule has 1 aliphatic rings. The highest BCUT2D eigenvalue weighted by atomic mass is 35.5. The molecule has 0 aromatic heterocycles. The maximum absolute atomic E-state index is 12.8. The molecular weight excluding hydrogens is 296 g/mol. The molecule has 1 fully saturated rings. The number of likely N-dealkylation sites (tertiary alicyclic amines) is 1. The van der Waals surface area contributed by atoms with Crippen LogP contribution in [-0.2, 0) is 0 Å². The van der Waals surface area contributed by atoms with Gasteiger partial charge in [-0.05, 0) is 48.7 Å². The topological polar surface area (TPSA) is 44.1 Å². The van der Waals surface area contributed by atoms with Gasteiger partial charge < -0.3 is 4.90 Å². The first kappa shape index (κ1) is 14.6. The molecule has 0 spiro atoms. The van der Waals surface area contributed by atoms with Crippen LogP contribution < -0.4 is 0 Å². The second kappa shape index (κ2) is 6.21. The van der Waals surface area contributed by atoms with Gasteiger partial charge in [0.1, 0.15) is 0 Å². The first-order valence-corrected chi connectivity index (χ1v) is 7.63. The standard InChI is InChI=1S/C18H15ClN2O/c19-16-8-6-14(7-9-16)17-5-2-10-21(17)18(22)15-4-1-3-13(11-15)12-20/h1,3-4,6-9,11,17H,2,5,10H2/t17-/m0/s1. The highest BCUT2D eigenvalue weighted by Crippen LogP contribution is 2.33. The lowest BCUT2D eigenvalue weighted by Gasteiger charge is -2.25. The van der Waals surface area contributed by atoms with Crippen molar-refractivity contribution < 1.29 is 4.79 Å². The van der Waals surface area contributed by atoms with Gasteiger partial charge in [0.05, 0.1) is 17.7 Å². The predicted octanol–water partition coefficient (Wildman–Crippen LogP) is 4.19. The van der Waals surface area contributed by atoms with E-state index in [0.29, 0.717) is 16.1 Å². The Morgan fingerprint density at radius 3 is 2.73 bits per heavy atom. The molecule has 2 aromatic rings. The van der Waals surface area contributed by atoms with Gasteiger partial charge >= 0.3 is 0 Å². The molecule has 22 heavy (non-hydrogen) atoms. The van der Waals surface area contributed by atoms with E-state index in [9.17, 15) is 4.79 Å². The van der Waals surface area contributed by atoms with Crippen LogP contribution in [0.15, 0.2) is 48.5 Å². The summed E-state index contributed by atoms with van der Waals surface area (Å²) in [5.41, 5.74) is 2.18. The van der Waals surface area contributed by atoms with Crippen molar-refractivity contribution in [2.45, 2.75) is 18.9 Å². The molecule has 3 rings (SSSR count). The second-order valence-electron chi connectivity index (χ2n) is 5.40. The molecule has 1 saturated heterocycles. The normalized spacial score (nSPS) is 17.3. The van der Waals surface area contributed by atoms with E-state index >= 15 is 0 Å². The third-order valence-corrected chi connectivity index (χ3v) is 4.26. The van der Waals surface area contributed by atoms with Crippen molar-refractivity contribution in [1.82, 2.24) is 4.90 Å². The first-order valence-electron chi connectivity index (χ1n) is 7.25. The number of hydrogen-bond acceptors (Lipinski definition) is 2. The van der Waals surface area contributed by atoms with Gasteiger partial charge in [0.15, 0.2) is 0 Å². The van der Waals surface area contributed by atoms with Gasteiger partial charge in [-0.3, -0.25) is 4.79 Å². The summed E-state index contributed by atoms with van der Waals surface area (Å²) in [5.74, 6) is -0.0189. The minimum atomic E-state index is -0.0189. The van der Waals surface area contributed by atoms with Crippen LogP contribution in [0.3, 0.4) is 0 Å². The number of hydrogen-bond donors (Lipinski definition) is 0. The van der Waals surface area contributed by atoms with Gasteiger partial charge in [-0.1, -0.05) is 29.8 Å². The van der Waals surface area contributed by atoms with Crippen LogP contribution in [0.1, 0.15) is 40.4 Å². The smallest absolute Gasteiger partial charge is 0.254 e. The molecule has 3 nitrogen and oxygen atoms in total. The summed E-state index contributed by atoms with van der Waals surface area (Å²) < 4.78 is 0. The molecule has 1 amide bonds. The van der Waals surface area contributed by atoms with Crippen molar-refractivity contribution >= 4 is 17.5 Å². The van der Waals surface area contributed by atoms with Crippen molar-refractivity contribution in [2.75, 3.05) is 6.54 Å². The summed E-state index contributed by atoms with van der Waals surface area (Å²) in [6, 6.07) is 16.7. The molecule has 2 aromatic carbocycles. The van der Waals surface area contributed by atoms with E-state index < -0.39 is 0 Å². The second-order valence-corrected chi connectivity index (χ2v) is 5.84. The number of nitrogens with zero attached hydrogens (tertiary/aromatic N) is 2. The third kappa shape index (κ3) is 2.84. The Labute approximate surface area is 134 Å². The first-order chi connectivity index (χ1) is 10.7. The Bertz CT molecular complexity index is 733. The number of nitriles is 1. The molecule has 0 N–H and O–H groups in total. The largest absolute Gasteiger partial charge is 0.332 e. The van der Waals surface area contributed by atoms with Crippen LogP contribution in [0.25, 0.3) is 0 Å². The van der Waals surface area contributed by atoms with E-state index in [4.69, 9.17) is 16.9 Å². The highest BCUT2D eigenvalue weighted by Gasteiger charge is 2.30. The Kier molecular flexibility index (Phi) is 4.13. The lowest BCUT2D eigenvalue weighted by molar-refractivity contribution is 0.0735. The molecule has 1 atom stereocenters.